The van der Waals surface area contributed by atoms with Crippen molar-refractivity contribution in [3.05, 3.63) is 224 Å². The maximum absolute atomic E-state index is 7.29. The van der Waals surface area contributed by atoms with Gasteiger partial charge in [0.05, 0.1) is 5.69 Å². The molecule has 10 rings (SSSR count). The van der Waals surface area contributed by atoms with Crippen LogP contribution < -0.4 is 9.64 Å². The van der Waals surface area contributed by atoms with Crippen LogP contribution in [0.3, 0.4) is 0 Å². The lowest BCUT2D eigenvalue weighted by Gasteiger charge is -2.29. The highest BCUT2D eigenvalue weighted by atomic mass is 16.5. The van der Waals surface area contributed by atoms with Gasteiger partial charge in [-0.15, -0.1) is 0 Å². The molecule has 0 atom stereocenters. The Kier molecular flexibility index (Phi) is 8.55. The van der Waals surface area contributed by atoms with Crippen LogP contribution in [0.25, 0.3) is 66.8 Å². The van der Waals surface area contributed by atoms with E-state index in [9.17, 15) is 0 Å². The summed E-state index contributed by atoms with van der Waals surface area (Å²) < 4.78 is 7.29. The first-order valence-electron chi connectivity index (χ1n) is 19.1. The highest BCUT2D eigenvalue weighted by Crippen LogP contribution is 2.55. The van der Waals surface area contributed by atoms with Crippen molar-refractivity contribution in [1.82, 2.24) is 0 Å². The molecular weight excluding hydrogens is 679 g/mol. The predicted molar refractivity (Wildman–Crippen MR) is 234 cm³/mol. The van der Waals surface area contributed by atoms with Crippen molar-refractivity contribution in [2.45, 2.75) is 0 Å². The number of hydrogen-bond donors (Lipinski definition) is 0. The van der Waals surface area contributed by atoms with Gasteiger partial charge in [0.1, 0.15) is 5.75 Å². The van der Waals surface area contributed by atoms with Gasteiger partial charge in [0, 0.05) is 28.1 Å². The second-order valence-electron chi connectivity index (χ2n) is 14.1. The molecule has 1 aliphatic heterocycles. The molecule has 0 amide bonds. The van der Waals surface area contributed by atoms with E-state index in [0.29, 0.717) is 0 Å². The number of hydrogen-bond acceptors (Lipinski definition) is 2. The molecule has 0 aromatic heterocycles. The molecule has 9 aromatic rings. The molecule has 1 heterocycles. The Balaban J connectivity index is 1.22. The summed E-state index contributed by atoms with van der Waals surface area (Å²) in [5.41, 5.74) is 16.7. The lowest BCUT2D eigenvalue weighted by atomic mass is 9.86. The van der Waals surface area contributed by atoms with Crippen molar-refractivity contribution in [3.8, 4) is 78.3 Å². The summed E-state index contributed by atoms with van der Waals surface area (Å²) in [6.45, 7) is 0. The highest BCUT2D eigenvalue weighted by Gasteiger charge is 2.29. The Labute approximate surface area is 328 Å². The van der Waals surface area contributed by atoms with Gasteiger partial charge in [-0.1, -0.05) is 182 Å². The number of ether oxygens (including phenoxy) is 1. The van der Waals surface area contributed by atoms with Gasteiger partial charge in [-0.25, -0.2) is 0 Å². The van der Waals surface area contributed by atoms with Crippen LogP contribution in [0.5, 0.6) is 11.5 Å². The van der Waals surface area contributed by atoms with Crippen LogP contribution in [-0.2, 0) is 0 Å². The Hall–Kier alpha value is -7.42. The minimum atomic E-state index is 0.806. The highest BCUT2D eigenvalue weighted by molar-refractivity contribution is 6.02. The molecule has 2 nitrogen and oxygen atoms in total. The van der Waals surface area contributed by atoms with E-state index < -0.39 is 0 Å². The van der Waals surface area contributed by atoms with E-state index >= 15 is 0 Å². The van der Waals surface area contributed by atoms with E-state index in [0.717, 1.165) is 73.1 Å². The first-order valence-corrected chi connectivity index (χ1v) is 19.1. The minimum absolute atomic E-state index is 0.806. The van der Waals surface area contributed by atoms with E-state index in [2.05, 4.69) is 229 Å². The lowest BCUT2D eigenvalue weighted by Crippen LogP contribution is -2.11. The average Bonchev–Trinajstić information content (AvgIpc) is 3.43. The van der Waals surface area contributed by atoms with Crippen molar-refractivity contribution < 1.29 is 4.74 Å². The third-order valence-corrected chi connectivity index (χ3v) is 10.7. The van der Waals surface area contributed by atoms with Gasteiger partial charge >= 0.3 is 0 Å². The molecule has 0 unspecified atom stereocenters. The maximum atomic E-state index is 7.29. The van der Waals surface area contributed by atoms with Crippen LogP contribution in [0, 0.1) is 0 Å². The molecule has 0 N–H and O–H groups in total. The number of rotatable bonds is 7. The van der Waals surface area contributed by atoms with E-state index in [4.69, 9.17) is 4.74 Å². The fourth-order valence-electron chi connectivity index (χ4n) is 8.00. The monoisotopic (exact) mass is 715 g/mol. The molecule has 9 aromatic carbocycles. The Bertz CT molecular complexity index is 2800. The molecule has 0 fully saturated rings. The van der Waals surface area contributed by atoms with Gasteiger partial charge in [0.15, 0.2) is 5.75 Å². The minimum Gasteiger partial charge on any atom is -0.454 e. The van der Waals surface area contributed by atoms with Crippen LogP contribution in [0.4, 0.5) is 17.1 Å². The summed E-state index contributed by atoms with van der Waals surface area (Å²) in [7, 11) is 0. The van der Waals surface area contributed by atoms with Gasteiger partial charge in [-0.3, -0.25) is 0 Å². The van der Waals surface area contributed by atoms with Gasteiger partial charge in [-0.2, -0.15) is 0 Å². The standard InChI is InChI=1S/C54H37NO/c1-5-16-38(17-6-1)41-30-33-45(34-31-41)55(46-25-13-24-43(36-46)39-18-7-2-8-19-39)51-29-15-28-49-53-47(42-22-11-4-12-23-42)26-14-27-48(53)50-37-44(40-20-9-3-10-21-40)32-35-52(50)56-54(49)51/h1-37H. The number of para-hydroxylation sites is 1. The Morgan fingerprint density at radius 3 is 1.43 bits per heavy atom. The molecule has 56 heavy (non-hydrogen) atoms. The quantitative estimate of drug-likeness (QED) is 0.163. The zero-order valence-electron chi connectivity index (χ0n) is 30.7. The molecule has 0 radical (unpaired) electrons. The summed E-state index contributed by atoms with van der Waals surface area (Å²) in [6.07, 6.45) is 0. The number of fused-ring (bicyclic) bond motifs is 5. The second kappa shape index (κ2) is 14.4. The summed E-state index contributed by atoms with van der Waals surface area (Å²) in [5, 5.41) is 0. The lowest BCUT2D eigenvalue weighted by molar-refractivity contribution is 0.489. The maximum Gasteiger partial charge on any atom is 0.159 e. The second-order valence-corrected chi connectivity index (χ2v) is 14.1. The third kappa shape index (κ3) is 6.14. The van der Waals surface area contributed by atoms with Gasteiger partial charge < -0.3 is 9.64 Å². The molecular formula is C54H37NO. The van der Waals surface area contributed by atoms with E-state index in [1.165, 1.54) is 22.3 Å². The van der Waals surface area contributed by atoms with Crippen LogP contribution in [0.1, 0.15) is 0 Å². The van der Waals surface area contributed by atoms with E-state index in [1.54, 1.807) is 0 Å². The predicted octanol–water partition coefficient (Wildman–Crippen LogP) is 15.3. The average molecular weight is 716 g/mol. The zero-order valence-corrected chi connectivity index (χ0v) is 30.7. The molecule has 1 aliphatic rings. The summed E-state index contributed by atoms with van der Waals surface area (Å²) >= 11 is 0. The zero-order chi connectivity index (χ0) is 37.3. The van der Waals surface area contributed by atoms with Crippen LogP contribution in [0.15, 0.2) is 224 Å². The SMILES string of the molecule is c1ccc(-c2ccc(N(c3cccc(-c4ccccc4)c3)c3cccc4c3Oc3ccc(-c5ccccc5)cc3-c3cccc(-c5ccccc5)c3-4)cc2)cc1. The summed E-state index contributed by atoms with van der Waals surface area (Å²) in [5.74, 6) is 1.63. The first kappa shape index (κ1) is 33.2. The van der Waals surface area contributed by atoms with Crippen LogP contribution in [0.2, 0.25) is 0 Å². The van der Waals surface area contributed by atoms with Gasteiger partial charge in [-0.05, 0) is 92.5 Å². The van der Waals surface area contributed by atoms with E-state index in [-0.39, 0.29) is 0 Å². The van der Waals surface area contributed by atoms with Crippen molar-refractivity contribution in [1.29, 1.82) is 0 Å². The van der Waals surface area contributed by atoms with Crippen molar-refractivity contribution in [2.24, 2.45) is 0 Å². The molecule has 0 saturated heterocycles. The van der Waals surface area contributed by atoms with Crippen molar-refractivity contribution in [2.75, 3.05) is 4.90 Å². The molecule has 0 saturated carbocycles. The largest absolute Gasteiger partial charge is 0.454 e. The van der Waals surface area contributed by atoms with E-state index in [1.807, 2.05) is 0 Å². The number of nitrogens with zero attached hydrogens (tertiary/aromatic N) is 1. The Morgan fingerprint density at radius 2 is 0.768 bits per heavy atom. The smallest absolute Gasteiger partial charge is 0.159 e. The number of benzene rings is 9. The van der Waals surface area contributed by atoms with Crippen LogP contribution in [-0.4, -0.2) is 0 Å². The van der Waals surface area contributed by atoms with Crippen molar-refractivity contribution in [3.63, 3.8) is 0 Å². The molecule has 0 bridgehead atoms. The first-order chi connectivity index (χ1) is 27.8. The van der Waals surface area contributed by atoms with Gasteiger partial charge in [0.2, 0.25) is 0 Å². The van der Waals surface area contributed by atoms with Crippen molar-refractivity contribution >= 4 is 17.1 Å². The fraction of sp³-hybridized carbons (Fsp3) is 0. The molecule has 2 heteroatoms. The number of anilines is 3. The normalized spacial score (nSPS) is 11.4. The molecule has 0 aliphatic carbocycles. The summed E-state index contributed by atoms with van der Waals surface area (Å²) in [6, 6.07) is 79.9. The summed E-state index contributed by atoms with van der Waals surface area (Å²) in [4.78, 5) is 2.34. The Morgan fingerprint density at radius 1 is 0.286 bits per heavy atom. The molecule has 0 spiro atoms. The van der Waals surface area contributed by atoms with Gasteiger partial charge in [0.25, 0.3) is 0 Å². The third-order valence-electron chi connectivity index (χ3n) is 10.7. The molecule has 264 valence electrons. The van der Waals surface area contributed by atoms with Crippen LogP contribution >= 0.6 is 0 Å². The topological polar surface area (TPSA) is 12.5 Å². The fourth-order valence-corrected chi connectivity index (χ4v) is 8.00.